The molecule has 0 aromatic carbocycles. The maximum absolute atomic E-state index is 11.5. The van der Waals surface area contributed by atoms with E-state index < -0.39 is 24.5 Å². The van der Waals surface area contributed by atoms with Crippen LogP contribution >= 0.6 is 11.8 Å². The summed E-state index contributed by atoms with van der Waals surface area (Å²) in [5.74, 6) is -1.71. The van der Waals surface area contributed by atoms with Crippen LogP contribution in [0.1, 0.15) is 13.3 Å². The number of hydrogen-bond donors (Lipinski definition) is 3. The highest BCUT2D eigenvalue weighted by molar-refractivity contribution is 7.99. The van der Waals surface area contributed by atoms with Crippen molar-refractivity contribution in [3.05, 3.63) is 0 Å². The van der Waals surface area contributed by atoms with Gasteiger partial charge in [0.15, 0.2) is 0 Å². The van der Waals surface area contributed by atoms with E-state index in [1.807, 2.05) is 6.92 Å². The predicted molar refractivity (Wildman–Crippen MR) is 68.0 cm³/mol. The van der Waals surface area contributed by atoms with Gasteiger partial charge in [-0.25, -0.2) is 9.48 Å². The fourth-order valence-corrected chi connectivity index (χ4v) is 1.78. The Labute approximate surface area is 118 Å². The van der Waals surface area contributed by atoms with E-state index in [1.165, 1.54) is 0 Å². The first-order chi connectivity index (χ1) is 9.52. The molecule has 10 nitrogen and oxygen atoms in total. The number of carboxylic acid groups (broad SMARTS) is 1. The Morgan fingerprint density at radius 3 is 2.80 bits per heavy atom. The van der Waals surface area contributed by atoms with E-state index in [9.17, 15) is 14.4 Å². The van der Waals surface area contributed by atoms with E-state index in [4.69, 9.17) is 5.11 Å². The van der Waals surface area contributed by atoms with Crippen molar-refractivity contribution in [2.75, 3.05) is 12.3 Å². The number of carbonyl (C=O) groups excluding carboxylic acids is 2. The SMILES string of the molecule is CCCNC(=O)NC(=O)CSc1nnnn1CC(=O)O. The zero-order valence-corrected chi connectivity index (χ0v) is 11.5. The zero-order chi connectivity index (χ0) is 15.0. The number of imide groups is 1. The van der Waals surface area contributed by atoms with Crippen molar-refractivity contribution in [2.24, 2.45) is 0 Å². The van der Waals surface area contributed by atoms with Gasteiger partial charge in [-0.05, 0) is 16.8 Å². The van der Waals surface area contributed by atoms with Crippen molar-refractivity contribution in [2.45, 2.75) is 25.0 Å². The van der Waals surface area contributed by atoms with E-state index in [1.54, 1.807) is 0 Å². The Hall–Kier alpha value is -2.17. The molecule has 0 aliphatic carbocycles. The van der Waals surface area contributed by atoms with Gasteiger partial charge in [-0.1, -0.05) is 18.7 Å². The van der Waals surface area contributed by atoms with Crippen LogP contribution in [0.15, 0.2) is 5.16 Å². The van der Waals surface area contributed by atoms with Crippen LogP contribution in [0.4, 0.5) is 4.79 Å². The number of urea groups is 1. The molecule has 3 N–H and O–H groups in total. The molecule has 0 aliphatic heterocycles. The first-order valence-electron chi connectivity index (χ1n) is 5.71. The molecule has 11 heteroatoms. The molecule has 1 aromatic rings. The first-order valence-corrected chi connectivity index (χ1v) is 6.70. The van der Waals surface area contributed by atoms with Crippen LogP contribution < -0.4 is 10.6 Å². The van der Waals surface area contributed by atoms with Crippen LogP contribution in [0.5, 0.6) is 0 Å². The van der Waals surface area contributed by atoms with Crippen molar-refractivity contribution in [3.8, 4) is 0 Å². The summed E-state index contributed by atoms with van der Waals surface area (Å²) in [6.45, 7) is 1.97. The van der Waals surface area contributed by atoms with Gasteiger partial charge in [0.1, 0.15) is 6.54 Å². The van der Waals surface area contributed by atoms with Crippen molar-refractivity contribution in [1.29, 1.82) is 0 Å². The second-order valence-corrected chi connectivity index (χ2v) is 4.55. The molecule has 1 heterocycles. The lowest BCUT2D eigenvalue weighted by Crippen LogP contribution is -2.40. The highest BCUT2D eigenvalue weighted by atomic mass is 32.2. The number of carbonyl (C=O) groups is 3. The molecule has 0 saturated heterocycles. The molecule has 0 spiro atoms. The summed E-state index contributed by atoms with van der Waals surface area (Å²) >= 11 is 0.941. The molecule has 3 amide bonds. The lowest BCUT2D eigenvalue weighted by molar-refractivity contribution is -0.138. The van der Waals surface area contributed by atoms with Crippen LogP contribution in [0.2, 0.25) is 0 Å². The third-order valence-corrected chi connectivity index (χ3v) is 2.86. The summed E-state index contributed by atoms with van der Waals surface area (Å²) < 4.78 is 1.05. The van der Waals surface area contributed by atoms with Gasteiger partial charge < -0.3 is 10.4 Å². The third kappa shape index (κ3) is 5.65. The van der Waals surface area contributed by atoms with Crippen LogP contribution in [0, 0.1) is 0 Å². The minimum atomic E-state index is -1.09. The maximum atomic E-state index is 11.5. The quantitative estimate of drug-likeness (QED) is 0.550. The summed E-state index contributed by atoms with van der Waals surface area (Å²) in [5.41, 5.74) is 0. The van der Waals surface area contributed by atoms with Gasteiger partial charge in [-0.2, -0.15) is 0 Å². The molecular weight excluding hydrogens is 288 g/mol. The highest BCUT2D eigenvalue weighted by Gasteiger charge is 2.13. The van der Waals surface area contributed by atoms with E-state index in [0.29, 0.717) is 6.54 Å². The highest BCUT2D eigenvalue weighted by Crippen LogP contribution is 2.12. The Balaban J connectivity index is 2.39. The second-order valence-electron chi connectivity index (χ2n) is 3.61. The summed E-state index contributed by atoms with van der Waals surface area (Å²) in [6, 6.07) is -0.567. The fourth-order valence-electron chi connectivity index (χ4n) is 1.10. The molecule has 110 valence electrons. The molecule has 0 radical (unpaired) electrons. The standard InChI is InChI=1S/C9H14N6O4S/c1-2-3-10-8(19)11-6(16)5-20-9-12-13-14-15(9)4-7(17)18/h2-5H2,1H3,(H,17,18)(H2,10,11,16,19). The monoisotopic (exact) mass is 302 g/mol. The van der Waals surface area contributed by atoms with Crippen molar-refractivity contribution in [1.82, 2.24) is 30.8 Å². The van der Waals surface area contributed by atoms with E-state index in [2.05, 4.69) is 26.2 Å². The molecule has 0 saturated carbocycles. The van der Waals surface area contributed by atoms with E-state index in [0.717, 1.165) is 22.9 Å². The Morgan fingerprint density at radius 1 is 1.40 bits per heavy atom. The number of thioether (sulfide) groups is 1. The number of nitrogens with zero attached hydrogens (tertiary/aromatic N) is 4. The minimum Gasteiger partial charge on any atom is -0.480 e. The second kappa shape index (κ2) is 8.09. The molecule has 20 heavy (non-hydrogen) atoms. The lowest BCUT2D eigenvalue weighted by atomic mass is 10.5. The van der Waals surface area contributed by atoms with E-state index in [-0.39, 0.29) is 10.9 Å². The number of nitrogens with one attached hydrogen (secondary N) is 2. The maximum Gasteiger partial charge on any atom is 0.325 e. The van der Waals surface area contributed by atoms with Crippen molar-refractivity contribution < 1.29 is 19.5 Å². The first kappa shape index (κ1) is 15.9. The average molecular weight is 302 g/mol. The summed E-state index contributed by atoms with van der Waals surface area (Å²) in [4.78, 5) is 33.2. The predicted octanol–water partition coefficient (Wildman–Crippen LogP) is -0.914. The molecule has 0 atom stereocenters. The third-order valence-electron chi connectivity index (χ3n) is 1.90. The zero-order valence-electron chi connectivity index (χ0n) is 10.7. The number of rotatable bonds is 7. The smallest absolute Gasteiger partial charge is 0.325 e. The van der Waals surface area contributed by atoms with Gasteiger partial charge in [0, 0.05) is 6.54 Å². The van der Waals surface area contributed by atoms with Gasteiger partial charge >= 0.3 is 12.0 Å². The lowest BCUT2D eigenvalue weighted by Gasteiger charge is -2.05. The van der Waals surface area contributed by atoms with Gasteiger partial charge in [0.25, 0.3) is 0 Å². The van der Waals surface area contributed by atoms with Gasteiger partial charge in [0.2, 0.25) is 11.1 Å². The summed E-state index contributed by atoms with van der Waals surface area (Å²) in [7, 11) is 0. The van der Waals surface area contributed by atoms with Crippen LogP contribution in [0.25, 0.3) is 0 Å². The molecule has 1 aromatic heterocycles. The van der Waals surface area contributed by atoms with Crippen molar-refractivity contribution in [3.63, 3.8) is 0 Å². The van der Waals surface area contributed by atoms with Gasteiger partial charge in [-0.3, -0.25) is 14.9 Å². The number of hydrogen-bond acceptors (Lipinski definition) is 7. The summed E-state index contributed by atoms with van der Waals surface area (Å²) in [6.07, 6.45) is 0.764. The number of tetrazole rings is 1. The minimum absolute atomic E-state index is 0.0977. The number of carboxylic acids is 1. The topological polar surface area (TPSA) is 139 Å². The average Bonchev–Trinajstić information content (AvgIpc) is 2.80. The fraction of sp³-hybridized carbons (Fsp3) is 0.556. The van der Waals surface area contributed by atoms with Crippen LogP contribution in [0.3, 0.4) is 0 Å². The Kier molecular flexibility index (Phi) is 6.43. The normalized spacial score (nSPS) is 10.1. The molecule has 1 rings (SSSR count). The summed E-state index contributed by atoms with van der Waals surface area (Å²) in [5, 5.41) is 23.8. The molecule has 0 aliphatic rings. The van der Waals surface area contributed by atoms with Crippen LogP contribution in [-0.2, 0) is 16.1 Å². The van der Waals surface area contributed by atoms with Gasteiger partial charge in [-0.15, -0.1) is 5.10 Å². The van der Waals surface area contributed by atoms with Gasteiger partial charge in [0.05, 0.1) is 5.75 Å². The molecular formula is C9H14N6O4S. The Morgan fingerprint density at radius 2 is 2.15 bits per heavy atom. The molecule has 0 fully saturated rings. The number of amides is 3. The molecule has 0 bridgehead atoms. The van der Waals surface area contributed by atoms with E-state index >= 15 is 0 Å². The molecule has 0 unspecified atom stereocenters. The number of aliphatic carboxylic acids is 1. The van der Waals surface area contributed by atoms with Crippen molar-refractivity contribution >= 4 is 29.7 Å². The Bertz CT molecular complexity index is 491. The largest absolute Gasteiger partial charge is 0.480 e. The van der Waals surface area contributed by atoms with Crippen LogP contribution in [-0.4, -0.2) is 55.5 Å². The number of aromatic nitrogens is 4.